The monoisotopic (exact) mass is 457 g/mol. The van der Waals surface area contributed by atoms with Crippen LogP contribution < -0.4 is 4.72 Å². The van der Waals surface area contributed by atoms with Crippen molar-refractivity contribution in [3.63, 3.8) is 0 Å². The standard InChI is InChI=1S/C16H16IN3OS2/c1-3-22-19-11-4-5-15(21)14(9-11)13-8-10(2)18-16-12(13)6-7-20(16)23-17/h4-9,19,21H,3H2,1-2H3. The van der Waals surface area contributed by atoms with E-state index in [1.54, 1.807) is 27.1 Å². The summed E-state index contributed by atoms with van der Waals surface area (Å²) in [6.45, 7) is 4.07. The summed E-state index contributed by atoms with van der Waals surface area (Å²) in [7, 11) is 1.58. The van der Waals surface area contributed by atoms with Gasteiger partial charge in [0, 0.05) is 64.6 Å². The van der Waals surface area contributed by atoms with Crippen LogP contribution in [0.25, 0.3) is 22.2 Å². The SMILES string of the molecule is CCSNc1ccc(O)c(-c2cc(C)nc3c2ccn3SI)c1. The average molecular weight is 457 g/mol. The van der Waals surface area contributed by atoms with Crippen molar-refractivity contribution in [2.75, 3.05) is 10.5 Å². The highest BCUT2D eigenvalue weighted by molar-refractivity contribution is 14.2. The van der Waals surface area contributed by atoms with Crippen molar-refractivity contribution < 1.29 is 5.11 Å². The summed E-state index contributed by atoms with van der Waals surface area (Å²) in [6.07, 6.45) is 2.00. The Hall–Kier alpha value is -1.06. The van der Waals surface area contributed by atoms with Crippen molar-refractivity contribution in [1.82, 2.24) is 8.96 Å². The molecule has 0 amide bonds. The molecule has 0 aliphatic heterocycles. The van der Waals surface area contributed by atoms with E-state index < -0.39 is 0 Å². The highest BCUT2D eigenvalue weighted by Crippen LogP contribution is 2.38. The first-order chi connectivity index (χ1) is 11.1. The molecule has 4 nitrogen and oxygen atoms in total. The highest BCUT2D eigenvalue weighted by Gasteiger charge is 2.14. The molecule has 1 aromatic carbocycles. The van der Waals surface area contributed by atoms with Crippen LogP contribution in [0.2, 0.25) is 0 Å². The summed E-state index contributed by atoms with van der Waals surface area (Å²) in [5.74, 6) is 1.25. The van der Waals surface area contributed by atoms with E-state index in [1.165, 1.54) is 0 Å². The molecule has 0 aliphatic rings. The minimum atomic E-state index is 0.277. The molecular weight excluding hydrogens is 441 g/mol. The number of aromatic hydroxyl groups is 1. The minimum absolute atomic E-state index is 0.277. The molecule has 23 heavy (non-hydrogen) atoms. The molecule has 0 spiro atoms. The zero-order chi connectivity index (χ0) is 16.4. The Kier molecular flexibility index (Phi) is 5.27. The van der Waals surface area contributed by atoms with E-state index in [0.29, 0.717) is 0 Å². The Morgan fingerprint density at radius 3 is 2.83 bits per heavy atom. The molecule has 120 valence electrons. The number of halogens is 1. The largest absolute Gasteiger partial charge is 0.507 e. The maximum absolute atomic E-state index is 10.4. The lowest BCUT2D eigenvalue weighted by Gasteiger charge is -2.11. The van der Waals surface area contributed by atoms with E-state index >= 15 is 0 Å². The molecule has 3 aromatic rings. The zero-order valence-corrected chi connectivity index (χ0v) is 16.5. The van der Waals surface area contributed by atoms with Crippen LogP contribution in [-0.2, 0) is 0 Å². The van der Waals surface area contributed by atoms with Crippen LogP contribution in [0.15, 0.2) is 36.5 Å². The molecule has 7 heteroatoms. The number of anilines is 1. The van der Waals surface area contributed by atoms with E-state index in [9.17, 15) is 5.11 Å². The average Bonchev–Trinajstić information content (AvgIpc) is 2.96. The van der Waals surface area contributed by atoms with Gasteiger partial charge in [0.15, 0.2) is 5.65 Å². The first-order valence-corrected chi connectivity index (χ1v) is 11.4. The van der Waals surface area contributed by atoms with Crippen LogP contribution in [0.4, 0.5) is 5.69 Å². The number of fused-ring (bicyclic) bond motifs is 1. The maximum Gasteiger partial charge on any atom is 0.151 e. The summed E-state index contributed by atoms with van der Waals surface area (Å²) in [4.78, 5) is 4.63. The quantitative estimate of drug-likeness (QED) is 0.295. The zero-order valence-electron chi connectivity index (χ0n) is 12.7. The molecule has 0 atom stereocenters. The molecule has 3 rings (SSSR count). The van der Waals surface area contributed by atoms with Crippen LogP contribution in [-0.4, -0.2) is 19.8 Å². The molecule has 0 saturated carbocycles. The number of phenols is 1. The molecule has 2 aromatic heterocycles. The molecule has 2 heterocycles. The summed E-state index contributed by atoms with van der Waals surface area (Å²) in [6, 6.07) is 9.68. The lowest BCUT2D eigenvalue weighted by atomic mass is 10.0. The minimum Gasteiger partial charge on any atom is -0.507 e. The van der Waals surface area contributed by atoms with Crippen LogP contribution in [0, 0.1) is 6.92 Å². The fourth-order valence-electron chi connectivity index (χ4n) is 2.46. The highest BCUT2D eigenvalue weighted by atomic mass is 127. The lowest BCUT2D eigenvalue weighted by molar-refractivity contribution is 0.477. The van der Waals surface area contributed by atoms with Gasteiger partial charge in [-0.05, 0) is 42.8 Å². The fourth-order valence-corrected chi connectivity index (χ4v) is 4.16. The van der Waals surface area contributed by atoms with Crippen molar-refractivity contribution in [1.29, 1.82) is 0 Å². The number of aryl methyl sites for hydroxylation is 1. The van der Waals surface area contributed by atoms with E-state index in [2.05, 4.69) is 37.8 Å². The third kappa shape index (κ3) is 3.41. The number of aromatic nitrogens is 2. The third-order valence-electron chi connectivity index (χ3n) is 3.45. The molecular formula is C16H16IN3OS2. The predicted molar refractivity (Wildman–Crippen MR) is 110 cm³/mol. The molecule has 0 fully saturated rings. The number of nitrogens with zero attached hydrogens (tertiary/aromatic N) is 2. The van der Waals surface area contributed by atoms with Gasteiger partial charge in [0.2, 0.25) is 0 Å². The predicted octanol–water partition coefficient (Wildman–Crippen LogP) is 5.64. The summed E-state index contributed by atoms with van der Waals surface area (Å²) < 4.78 is 5.32. The second kappa shape index (κ2) is 7.23. The Balaban J connectivity index is 2.18. The van der Waals surface area contributed by atoms with Gasteiger partial charge in [-0.15, -0.1) is 0 Å². The van der Waals surface area contributed by atoms with E-state index in [1.807, 2.05) is 41.4 Å². The van der Waals surface area contributed by atoms with Crippen molar-refractivity contribution in [3.05, 3.63) is 42.2 Å². The number of hydrogen-bond donors (Lipinski definition) is 2. The van der Waals surface area contributed by atoms with Gasteiger partial charge in [0.05, 0.1) is 0 Å². The van der Waals surface area contributed by atoms with Gasteiger partial charge < -0.3 is 9.83 Å². The van der Waals surface area contributed by atoms with Crippen LogP contribution >= 0.6 is 42.3 Å². The van der Waals surface area contributed by atoms with Crippen LogP contribution in [0.3, 0.4) is 0 Å². The summed E-state index contributed by atoms with van der Waals surface area (Å²) in [5, 5.41) is 11.4. The summed E-state index contributed by atoms with van der Waals surface area (Å²) in [5.41, 5.74) is 4.64. The van der Waals surface area contributed by atoms with Gasteiger partial charge in [-0.3, -0.25) is 3.97 Å². The number of pyridine rings is 1. The van der Waals surface area contributed by atoms with Gasteiger partial charge in [-0.1, -0.05) is 18.9 Å². The van der Waals surface area contributed by atoms with Crippen molar-refractivity contribution in [2.24, 2.45) is 0 Å². The van der Waals surface area contributed by atoms with Crippen molar-refractivity contribution in [2.45, 2.75) is 13.8 Å². The number of benzene rings is 1. The lowest BCUT2D eigenvalue weighted by Crippen LogP contribution is -1.92. The van der Waals surface area contributed by atoms with Gasteiger partial charge in [-0.25, -0.2) is 4.98 Å². The van der Waals surface area contributed by atoms with Crippen LogP contribution in [0.1, 0.15) is 12.6 Å². The number of phenolic OH excluding ortho intramolecular Hbond substituents is 1. The number of hydrogen-bond acceptors (Lipinski definition) is 5. The number of nitrogens with one attached hydrogen (secondary N) is 1. The summed E-state index contributed by atoms with van der Waals surface area (Å²) >= 11 is 3.87. The van der Waals surface area contributed by atoms with Crippen molar-refractivity contribution >= 4 is 59.0 Å². The smallest absolute Gasteiger partial charge is 0.151 e. The molecule has 0 saturated heterocycles. The molecule has 0 unspecified atom stereocenters. The van der Waals surface area contributed by atoms with E-state index in [-0.39, 0.29) is 5.75 Å². The van der Waals surface area contributed by atoms with Crippen molar-refractivity contribution in [3.8, 4) is 16.9 Å². The Bertz CT molecular complexity index is 851. The molecule has 0 aliphatic carbocycles. The maximum atomic E-state index is 10.4. The Labute approximate surface area is 155 Å². The first-order valence-electron chi connectivity index (χ1n) is 7.13. The molecule has 2 N–H and O–H groups in total. The van der Waals surface area contributed by atoms with Gasteiger partial charge in [0.25, 0.3) is 0 Å². The van der Waals surface area contributed by atoms with Gasteiger partial charge in [0.1, 0.15) is 5.75 Å². The fraction of sp³-hybridized carbons (Fsp3) is 0.188. The third-order valence-corrected chi connectivity index (χ3v) is 5.83. The number of rotatable bonds is 5. The normalized spacial score (nSPS) is 11.1. The second-order valence-electron chi connectivity index (χ2n) is 5.03. The topological polar surface area (TPSA) is 50.1 Å². The van der Waals surface area contributed by atoms with Gasteiger partial charge >= 0.3 is 0 Å². The first kappa shape index (κ1) is 16.8. The van der Waals surface area contributed by atoms with E-state index in [4.69, 9.17) is 0 Å². The molecule has 0 radical (unpaired) electrons. The Morgan fingerprint density at radius 1 is 1.26 bits per heavy atom. The Morgan fingerprint density at radius 2 is 2.09 bits per heavy atom. The second-order valence-corrected chi connectivity index (χ2v) is 7.81. The van der Waals surface area contributed by atoms with Crippen LogP contribution in [0.5, 0.6) is 5.75 Å². The van der Waals surface area contributed by atoms with E-state index in [0.717, 1.165) is 39.3 Å². The molecule has 0 bridgehead atoms. The van der Waals surface area contributed by atoms with Gasteiger partial charge in [-0.2, -0.15) is 0 Å².